The molecule has 84 valence electrons. The maximum absolute atomic E-state index is 10.6. The summed E-state index contributed by atoms with van der Waals surface area (Å²) in [5.74, 6) is 0.561. The first-order valence-corrected chi connectivity index (χ1v) is 6.10. The van der Waals surface area contributed by atoms with Crippen LogP contribution in [-0.4, -0.2) is 20.1 Å². The SMILES string of the molecule is CC1CCCC(O)(c2c(Br)nnn2C)C1. The van der Waals surface area contributed by atoms with Gasteiger partial charge in [-0.05, 0) is 41.1 Å². The molecule has 0 bridgehead atoms. The van der Waals surface area contributed by atoms with Gasteiger partial charge >= 0.3 is 0 Å². The van der Waals surface area contributed by atoms with Gasteiger partial charge in [0.05, 0.1) is 0 Å². The fourth-order valence-electron chi connectivity index (χ4n) is 2.56. The molecule has 2 atom stereocenters. The fraction of sp³-hybridized carbons (Fsp3) is 0.800. The van der Waals surface area contributed by atoms with Crippen molar-refractivity contribution in [3.63, 3.8) is 0 Å². The Morgan fingerprint density at radius 1 is 1.60 bits per heavy atom. The van der Waals surface area contributed by atoms with Crippen LogP contribution in [0, 0.1) is 5.92 Å². The second kappa shape index (κ2) is 3.87. The molecule has 4 nitrogen and oxygen atoms in total. The smallest absolute Gasteiger partial charge is 0.154 e. The van der Waals surface area contributed by atoms with Gasteiger partial charge in [-0.1, -0.05) is 18.6 Å². The molecule has 1 heterocycles. The largest absolute Gasteiger partial charge is 0.383 e. The van der Waals surface area contributed by atoms with Crippen LogP contribution in [0.5, 0.6) is 0 Å². The van der Waals surface area contributed by atoms with Gasteiger partial charge in [-0.25, -0.2) is 4.68 Å². The van der Waals surface area contributed by atoms with Crippen LogP contribution in [0.25, 0.3) is 0 Å². The van der Waals surface area contributed by atoms with E-state index in [9.17, 15) is 5.11 Å². The topological polar surface area (TPSA) is 50.9 Å². The van der Waals surface area contributed by atoms with Gasteiger partial charge in [0.1, 0.15) is 11.3 Å². The van der Waals surface area contributed by atoms with Crippen molar-refractivity contribution in [2.75, 3.05) is 0 Å². The predicted octanol–water partition coefficient (Wildman–Crippen LogP) is 1.98. The van der Waals surface area contributed by atoms with Crippen molar-refractivity contribution in [2.45, 2.75) is 38.2 Å². The highest BCUT2D eigenvalue weighted by molar-refractivity contribution is 9.10. The van der Waals surface area contributed by atoms with E-state index < -0.39 is 5.60 Å². The maximum atomic E-state index is 10.6. The molecule has 1 aliphatic carbocycles. The first kappa shape index (κ1) is 11.1. The minimum Gasteiger partial charge on any atom is -0.383 e. The van der Waals surface area contributed by atoms with E-state index >= 15 is 0 Å². The average molecular weight is 274 g/mol. The standard InChI is InChI=1S/C10H16BrN3O/c1-7-4-3-5-10(15,6-7)8-9(11)12-13-14(8)2/h7,15H,3-6H2,1-2H3. The number of nitrogens with zero attached hydrogens (tertiary/aromatic N) is 3. The Kier molecular flexibility index (Phi) is 2.85. The third-order valence-corrected chi connectivity index (χ3v) is 3.73. The summed E-state index contributed by atoms with van der Waals surface area (Å²) in [5, 5.41) is 18.5. The zero-order valence-electron chi connectivity index (χ0n) is 9.07. The van der Waals surface area contributed by atoms with Crippen LogP contribution < -0.4 is 0 Å². The minimum absolute atomic E-state index is 0.561. The third kappa shape index (κ3) is 1.95. The van der Waals surface area contributed by atoms with Crippen LogP contribution in [0.2, 0.25) is 0 Å². The summed E-state index contributed by atoms with van der Waals surface area (Å²) in [6, 6.07) is 0. The van der Waals surface area contributed by atoms with Gasteiger partial charge in [0.25, 0.3) is 0 Å². The van der Waals surface area contributed by atoms with Crippen molar-refractivity contribution >= 4 is 15.9 Å². The Morgan fingerprint density at radius 2 is 2.33 bits per heavy atom. The molecule has 2 unspecified atom stereocenters. The van der Waals surface area contributed by atoms with Crippen molar-refractivity contribution in [1.82, 2.24) is 15.0 Å². The van der Waals surface area contributed by atoms with E-state index in [1.54, 1.807) is 4.68 Å². The normalized spacial score (nSPS) is 31.9. The molecular formula is C10H16BrN3O. The van der Waals surface area contributed by atoms with E-state index in [0.717, 1.165) is 25.0 Å². The minimum atomic E-state index is -0.755. The van der Waals surface area contributed by atoms with Gasteiger partial charge in [-0.15, -0.1) is 5.10 Å². The molecule has 1 fully saturated rings. The number of aliphatic hydroxyl groups is 1. The lowest BCUT2D eigenvalue weighted by atomic mass is 9.77. The molecule has 0 aliphatic heterocycles. The van der Waals surface area contributed by atoms with Gasteiger partial charge in [0.2, 0.25) is 0 Å². The molecule has 1 aliphatic rings. The maximum Gasteiger partial charge on any atom is 0.154 e. The Morgan fingerprint density at radius 3 is 2.87 bits per heavy atom. The van der Waals surface area contributed by atoms with Crippen molar-refractivity contribution in [1.29, 1.82) is 0 Å². The summed E-state index contributed by atoms with van der Waals surface area (Å²) in [4.78, 5) is 0. The molecule has 1 saturated carbocycles. The zero-order chi connectivity index (χ0) is 11.1. The number of rotatable bonds is 1. The lowest BCUT2D eigenvalue weighted by Gasteiger charge is -2.35. The second-order valence-electron chi connectivity index (χ2n) is 4.59. The fourth-order valence-corrected chi connectivity index (χ4v) is 3.26. The number of aryl methyl sites for hydroxylation is 1. The first-order chi connectivity index (χ1) is 7.03. The molecule has 0 spiro atoms. The quantitative estimate of drug-likeness (QED) is 0.851. The van der Waals surface area contributed by atoms with E-state index in [1.807, 2.05) is 7.05 Å². The third-order valence-electron chi connectivity index (χ3n) is 3.20. The first-order valence-electron chi connectivity index (χ1n) is 5.31. The molecule has 5 heteroatoms. The van der Waals surface area contributed by atoms with Gasteiger partial charge in [0.15, 0.2) is 4.60 Å². The molecule has 0 aromatic carbocycles. The number of hydrogen-bond acceptors (Lipinski definition) is 3. The molecule has 2 rings (SSSR count). The Bertz CT molecular complexity index is 346. The van der Waals surface area contributed by atoms with Crippen LogP contribution >= 0.6 is 15.9 Å². The Hall–Kier alpha value is -0.420. The van der Waals surface area contributed by atoms with Crippen molar-refractivity contribution < 1.29 is 5.11 Å². The molecule has 0 amide bonds. The van der Waals surface area contributed by atoms with Crippen molar-refractivity contribution in [3.8, 4) is 0 Å². The van der Waals surface area contributed by atoms with Gasteiger partial charge < -0.3 is 5.11 Å². The van der Waals surface area contributed by atoms with Gasteiger partial charge in [-0.2, -0.15) is 0 Å². The van der Waals surface area contributed by atoms with Crippen LogP contribution in [0.15, 0.2) is 4.60 Å². The summed E-state index contributed by atoms with van der Waals surface area (Å²) in [6.07, 6.45) is 3.87. The van der Waals surface area contributed by atoms with E-state index in [0.29, 0.717) is 10.5 Å². The van der Waals surface area contributed by atoms with Crippen LogP contribution in [0.4, 0.5) is 0 Å². The molecule has 15 heavy (non-hydrogen) atoms. The van der Waals surface area contributed by atoms with Crippen molar-refractivity contribution in [2.24, 2.45) is 13.0 Å². The molecule has 1 aromatic rings. The summed E-state index contributed by atoms with van der Waals surface area (Å²) >= 11 is 3.35. The van der Waals surface area contributed by atoms with Crippen LogP contribution in [0.1, 0.15) is 38.3 Å². The molecular weight excluding hydrogens is 258 g/mol. The predicted molar refractivity (Wildman–Crippen MR) is 60.2 cm³/mol. The van der Waals surface area contributed by atoms with E-state index in [1.165, 1.54) is 6.42 Å². The van der Waals surface area contributed by atoms with E-state index in [-0.39, 0.29) is 0 Å². The monoisotopic (exact) mass is 273 g/mol. The molecule has 0 radical (unpaired) electrons. The van der Waals surface area contributed by atoms with E-state index in [4.69, 9.17) is 0 Å². The molecule has 1 aromatic heterocycles. The molecule has 1 N–H and O–H groups in total. The van der Waals surface area contributed by atoms with Crippen molar-refractivity contribution in [3.05, 3.63) is 10.3 Å². The lowest BCUT2D eigenvalue weighted by molar-refractivity contribution is -0.0252. The Labute approximate surface area is 97.8 Å². The van der Waals surface area contributed by atoms with Crippen LogP contribution in [0.3, 0.4) is 0 Å². The zero-order valence-corrected chi connectivity index (χ0v) is 10.7. The summed E-state index contributed by atoms with van der Waals surface area (Å²) in [7, 11) is 1.82. The summed E-state index contributed by atoms with van der Waals surface area (Å²) in [5.41, 5.74) is 0.0587. The average Bonchev–Trinajstić information content (AvgIpc) is 2.46. The second-order valence-corrected chi connectivity index (χ2v) is 5.34. The summed E-state index contributed by atoms with van der Waals surface area (Å²) < 4.78 is 2.34. The Balaban J connectivity index is 2.36. The van der Waals surface area contributed by atoms with Crippen LogP contribution in [-0.2, 0) is 12.6 Å². The van der Waals surface area contributed by atoms with Gasteiger partial charge in [-0.3, -0.25) is 0 Å². The highest BCUT2D eigenvalue weighted by Crippen LogP contribution is 2.41. The highest BCUT2D eigenvalue weighted by Gasteiger charge is 2.38. The van der Waals surface area contributed by atoms with Gasteiger partial charge in [0, 0.05) is 7.05 Å². The number of aromatic nitrogens is 3. The highest BCUT2D eigenvalue weighted by atomic mass is 79.9. The lowest BCUT2D eigenvalue weighted by Crippen LogP contribution is -2.34. The number of hydrogen-bond donors (Lipinski definition) is 1. The summed E-state index contributed by atoms with van der Waals surface area (Å²) in [6.45, 7) is 2.18. The molecule has 0 saturated heterocycles. The van der Waals surface area contributed by atoms with E-state index in [2.05, 4.69) is 33.2 Å². The number of halogens is 1.